The highest BCUT2D eigenvalue weighted by Gasteiger charge is 2.45. The van der Waals surface area contributed by atoms with Crippen molar-refractivity contribution in [2.75, 3.05) is 6.54 Å². The molecule has 0 bridgehead atoms. The van der Waals surface area contributed by atoms with Gasteiger partial charge in [-0.3, -0.25) is 4.79 Å². The van der Waals surface area contributed by atoms with Gasteiger partial charge in [-0.15, -0.1) is 0 Å². The minimum absolute atomic E-state index is 0.0782. The smallest absolute Gasteiger partial charge is 0.233 e. The maximum absolute atomic E-state index is 12.5. The fourth-order valence-corrected chi connectivity index (χ4v) is 3.31. The van der Waals surface area contributed by atoms with Gasteiger partial charge in [0.2, 0.25) is 5.91 Å². The molecule has 0 unspecified atom stereocenters. The molecule has 2 rings (SSSR count). The van der Waals surface area contributed by atoms with Crippen LogP contribution in [-0.4, -0.2) is 17.4 Å². The van der Waals surface area contributed by atoms with Crippen molar-refractivity contribution < 1.29 is 4.79 Å². The van der Waals surface area contributed by atoms with E-state index in [9.17, 15) is 4.79 Å². The van der Waals surface area contributed by atoms with Crippen LogP contribution in [0.3, 0.4) is 0 Å². The van der Waals surface area contributed by atoms with Crippen molar-refractivity contribution in [2.24, 2.45) is 16.6 Å². The van der Waals surface area contributed by atoms with Gasteiger partial charge in [0.25, 0.3) is 0 Å². The molecular weight excluding hydrogens is 244 g/mol. The summed E-state index contributed by atoms with van der Waals surface area (Å²) in [6, 6.07) is 0. The van der Waals surface area contributed by atoms with E-state index >= 15 is 0 Å². The van der Waals surface area contributed by atoms with Crippen LogP contribution in [0.1, 0.15) is 58.3 Å². The highest BCUT2D eigenvalue weighted by molar-refractivity contribution is 7.80. The topological polar surface area (TPSA) is 55.1 Å². The zero-order valence-electron chi connectivity index (χ0n) is 11.3. The molecule has 0 spiro atoms. The van der Waals surface area contributed by atoms with Gasteiger partial charge in [-0.1, -0.05) is 38.4 Å². The van der Waals surface area contributed by atoms with Gasteiger partial charge < -0.3 is 11.1 Å². The zero-order valence-corrected chi connectivity index (χ0v) is 12.1. The van der Waals surface area contributed by atoms with Crippen molar-refractivity contribution in [1.29, 1.82) is 0 Å². The Morgan fingerprint density at radius 2 is 1.83 bits per heavy atom. The summed E-state index contributed by atoms with van der Waals surface area (Å²) >= 11 is 5.17. The standard InChI is InChI=1S/C14H24N2OS/c1-2-13(8-9-13)10-16-12(17)14(11(15)18)6-4-3-5-7-14/h2-10H2,1H3,(H2,15,18)(H,16,17). The monoisotopic (exact) mass is 268 g/mol. The summed E-state index contributed by atoms with van der Waals surface area (Å²) in [6.45, 7) is 3.00. The molecule has 18 heavy (non-hydrogen) atoms. The van der Waals surface area contributed by atoms with Gasteiger partial charge in [0, 0.05) is 6.54 Å². The van der Waals surface area contributed by atoms with E-state index in [1.54, 1.807) is 0 Å². The predicted octanol–water partition coefficient (Wildman–Crippen LogP) is 2.53. The SMILES string of the molecule is CCC1(CNC(=O)C2(C(N)=S)CCCCC2)CC1. The van der Waals surface area contributed by atoms with Crippen molar-refractivity contribution in [3.05, 3.63) is 0 Å². The number of carbonyl (C=O) groups is 1. The van der Waals surface area contributed by atoms with Crippen LogP contribution in [-0.2, 0) is 4.79 Å². The number of amides is 1. The minimum Gasteiger partial charge on any atom is -0.392 e. The quantitative estimate of drug-likeness (QED) is 0.753. The molecular formula is C14H24N2OS. The van der Waals surface area contributed by atoms with Crippen LogP contribution in [0, 0.1) is 10.8 Å². The molecule has 0 radical (unpaired) electrons. The third kappa shape index (κ3) is 2.53. The third-order valence-electron chi connectivity index (χ3n) is 4.94. The van der Waals surface area contributed by atoms with Crippen molar-refractivity contribution in [3.8, 4) is 0 Å². The number of hydrogen-bond donors (Lipinski definition) is 2. The van der Waals surface area contributed by atoms with E-state index in [-0.39, 0.29) is 5.91 Å². The van der Waals surface area contributed by atoms with E-state index in [1.807, 2.05) is 0 Å². The second-order valence-corrected chi connectivity index (χ2v) is 6.48. The maximum Gasteiger partial charge on any atom is 0.233 e. The van der Waals surface area contributed by atoms with Crippen LogP contribution in [0.5, 0.6) is 0 Å². The number of carbonyl (C=O) groups excluding carboxylic acids is 1. The third-order valence-corrected chi connectivity index (χ3v) is 5.34. The molecule has 2 aliphatic carbocycles. The van der Waals surface area contributed by atoms with Gasteiger partial charge in [-0.25, -0.2) is 0 Å². The summed E-state index contributed by atoms with van der Waals surface area (Å²) in [5.41, 5.74) is 5.68. The Kier molecular flexibility index (Phi) is 3.95. The molecule has 0 saturated heterocycles. The van der Waals surface area contributed by atoms with Crippen LogP contribution in [0.15, 0.2) is 0 Å². The largest absolute Gasteiger partial charge is 0.392 e. The van der Waals surface area contributed by atoms with Crippen LogP contribution in [0.4, 0.5) is 0 Å². The van der Waals surface area contributed by atoms with Crippen molar-refractivity contribution in [1.82, 2.24) is 5.32 Å². The van der Waals surface area contributed by atoms with Crippen molar-refractivity contribution >= 4 is 23.1 Å². The van der Waals surface area contributed by atoms with Crippen LogP contribution >= 0.6 is 12.2 Å². The minimum atomic E-state index is -0.558. The molecule has 2 saturated carbocycles. The van der Waals surface area contributed by atoms with Crippen LogP contribution < -0.4 is 11.1 Å². The number of hydrogen-bond acceptors (Lipinski definition) is 2. The van der Waals surface area contributed by atoms with Crippen LogP contribution in [0.2, 0.25) is 0 Å². The first-order valence-electron chi connectivity index (χ1n) is 7.13. The summed E-state index contributed by atoms with van der Waals surface area (Å²) in [6.07, 6.45) is 8.59. The van der Waals surface area contributed by atoms with E-state index in [0.29, 0.717) is 10.4 Å². The van der Waals surface area contributed by atoms with Crippen LogP contribution in [0.25, 0.3) is 0 Å². The maximum atomic E-state index is 12.5. The summed E-state index contributed by atoms with van der Waals surface area (Å²) in [5.74, 6) is 0.0782. The molecule has 2 aliphatic rings. The molecule has 3 N–H and O–H groups in total. The van der Waals surface area contributed by atoms with Crippen molar-refractivity contribution in [2.45, 2.75) is 58.3 Å². The Morgan fingerprint density at radius 3 is 2.28 bits per heavy atom. The Labute approximate surface area is 115 Å². The van der Waals surface area contributed by atoms with Gasteiger partial charge >= 0.3 is 0 Å². The van der Waals surface area contributed by atoms with E-state index in [2.05, 4.69) is 12.2 Å². The Balaban J connectivity index is 1.98. The predicted molar refractivity (Wildman–Crippen MR) is 77.3 cm³/mol. The number of thiocarbonyl (C=S) groups is 1. The average Bonchev–Trinajstić information content (AvgIpc) is 3.17. The average molecular weight is 268 g/mol. The molecule has 0 heterocycles. The molecule has 1 amide bonds. The highest BCUT2D eigenvalue weighted by atomic mass is 32.1. The lowest BCUT2D eigenvalue weighted by Crippen LogP contribution is -2.51. The number of nitrogens with one attached hydrogen (secondary N) is 1. The molecule has 0 aromatic rings. The van der Waals surface area contributed by atoms with Gasteiger partial charge in [0.15, 0.2) is 0 Å². The molecule has 0 aromatic heterocycles. The summed E-state index contributed by atoms with van der Waals surface area (Å²) in [7, 11) is 0. The summed E-state index contributed by atoms with van der Waals surface area (Å²) < 4.78 is 0. The second-order valence-electron chi connectivity index (χ2n) is 6.04. The molecule has 0 aliphatic heterocycles. The molecule has 0 aromatic carbocycles. The first-order chi connectivity index (χ1) is 8.55. The highest BCUT2D eigenvalue weighted by Crippen LogP contribution is 2.48. The molecule has 4 heteroatoms. The van der Waals surface area contributed by atoms with Crippen molar-refractivity contribution in [3.63, 3.8) is 0 Å². The molecule has 0 atom stereocenters. The Hall–Kier alpha value is -0.640. The molecule has 3 nitrogen and oxygen atoms in total. The fourth-order valence-electron chi connectivity index (χ4n) is 3.01. The summed E-state index contributed by atoms with van der Waals surface area (Å²) in [4.78, 5) is 12.9. The Bertz CT molecular complexity index is 344. The summed E-state index contributed by atoms with van der Waals surface area (Å²) in [5, 5.41) is 3.12. The lowest BCUT2D eigenvalue weighted by atomic mass is 9.73. The Morgan fingerprint density at radius 1 is 1.22 bits per heavy atom. The van der Waals surface area contributed by atoms with Gasteiger partial charge in [-0.2, -0.15) is 0 Å². The van der Waals surface area contributed by atoms with E-state index in [1.165, 1.54) is 19.3 Å². The second kappa shape index (κ2) is 5.16. The first-order valence-corrected chi connectivity index (χ1v) is 7.54. The zero-order chi connectivity index (χ0) is 13.2. The number of rotatable bonds is 5. The molecule has 2 fully saturated rings. The van der Waals surface area contributed by atoms with E-state index in [4.69, 9.17) is 18.0 Å². The normalized spacial score (nSPS) is 24.3. The molecule has 102 valence electrons. The number of nitrogens with two attached hydrogens (primary N) is 1. The lowest BCUT2D eigenvalue weighted by molar-refractivity contribution is -0.129. The van der Waals surface area contributed by atoms with Gasteiger partial charge in [0.1, 0.15) is 0 Å². The van der Waals surface area contributed by atoms with Gasteiger partial charge in [0.05, 0.1) is 10.4 Å². The fraction of sp³-hybridized carbons (Fsp3) is 0.857. The van der Waals surface area contributed by atoms with E-state index in [0.717, 1.165) is 38.6 Å². The first kappa shape index (κ1) is 13.8. The van der Waals surface area contributed by atoms with E-state index < -0.39 is 5.41 Å². The lowest BCUT2D eigenvalue weighted by Gasteiger charge is -2.35. The van der Waals surface area contributed by atoms with Gasteiger partial charge in [-0.05, 0) is 37.5 Å².